The van der Waals surface area contributed by atoms with Crippen molar-refractivity contribution in [3.8, 4) is 0 Å². The van der Waals surface area contributed by atoms with E-state index in [9.17, 15) is 9.59 Å². The molecule has 20 heavy (non-hydrogen) atoms. The summed E-state index contributed by atoms with van der Waals surface area (Å²) in [5, 5.41) is 0. The van der Waals surface area contributed by atoms with E-state index >= 15 is 0 Å². The zero-order valence-electron chi connectivity index (χ0n) is 10.9. The number of nitrogens with one attached hydrogen (secondary N) is 2. The van der Waals surface area contributed by atoms with Gasteiger partial charge in [0.05, 0.1) is 0 Å². The molecule has 0 spiro atoms. The van der Waals surface area contributed by atoms with Crippen LogP contribution in [0.1, 0.15) is 12.8 Å². The molecule has 2 rings (SSSR count). The molecule has 2 aliphatic rings. The quantitative estimate of drug-likeness (QED) is 0.291. The van der Waals surface area contributed by atoms with Crippen molar-refractivity contribution < 1.29 is 35.8 Å². The average Bonchev–Trinajstić information content (AvgIpc) is 3.08. The molecule has 0 aromatic rings. The van der Waals surface area contributed by atoms with Crippen LogP contribution in [0.5, 0.6) is 0 Å². The third-order valence-corrected chi connectivity index (χ3v) is 3.10. The van der Waals surface area contributed by atoms with Gasteiger partial charge in [0.2, 0.25) is 0 Å². The summed E-state index contributed by atoms with van der Waals surface area (Å²) in [5.41, 5.74) is 0. The van der Waals surface area contributed by atoms with Gasteiger partial charge >= 0.3 is 74.6 Å². The van der Waals surface area contributed by atoms with E-state index in [1.165, 1.54) is 0 Å². The van der Waals surface area contributed by atoms with Crippen molar-refractivity contribution in [2.75, 3.05) is 0 Å². The van der Waals surface area contributed by atoms with Crippen LogP contribution in [-0.2, 0) is 35.8 Å². The first-order valence-electron chi connectivity index (χ1n) is 5.19. The molecule has 108 valence electrons. The molecule has 0 fully saturated rings. The Kier molecular flexibility index (Phi) is 38.6. The average molecular weight is 453 g/mol. The van der Waals surface area contributed by atoms with Crippen LogP contribution in [0, 0.1) is 12.2 Å². The maximum atomic E-state index is 9.46. The summed E-state index contributed by atoms with van der Waals surface area (Å²) >= 11 is -1.18. The summed E-state index contributed by atoms with van der Waals surface area (Å²) in [6, 6.07) is 0. The van der Waals surface area contributed by atoms with Gasteiger partial charge in [0.15, 0.2) is 0 Å². The molecule has 0 unspecified atom stereocenters. The molecule has 4 nitrogen and oxygen atoms in total. The van der Waals surface area contributed by atoms with Crippen LogP contribution < -0.4 is 8.05 Å². The zero-order chi connectivity index (χ0) is 12.6. The topological polar surface area (TPSA) is 58.2 Å². The maximum absolute atomic E-state index is 9.46. The molecule has 2 aliphatic carbocycles. The summed E-state index contributed by atoms with van der Waals surface area (Å²) in [4.78, 5) is 18.9. The number of carbonyl (C=O) groups is 2. The second kappa shape index (κ2) is 27.4. The molecule has 0 aromatic heterocycles. The van der Waals surface area contributed by atoms with Crippen molar-refractivity contribution in [1.82, 2.24) is 8.05 Å². The van der Waals surface area contributed by atoms with Crippen molar-refractivity contribution in [3.63, 3.8) is 0 Å². The van der Waals surface area contributed by atoms with Gasteiger partial charge in [-0.25, -0.2) is 24.3 Å². The molecule has 8 heteroatoms. The van der Waals surface area contributed by atoms with E-state index in [4.69, 9.17) is 0 Å². The van der Waals surface area contributed by atoms with E-state index < -0.39 is 17.9 Å². The number of rotatable bonds is 4. The minimum atomic E-state index is -1.18. The van der Waals surface area contributed by atoms with Gasteiger partial charge < -0.3 is 0 Å². The van der Waals surface area contributed by atoms with E-state index in [1.54, 1.807) is 0 Å². The Morgan fingerprint density at radius 2 is 1.30 bits per heavy atom. The first-order valence-corrected chi connectivity index (χ1v) is 8.16. The van der Waals surface area contributed by atoms with Gasteiger partial charge in [-0.2, -0.15) is 12.2 Å². The van der Waals surface area contributed by atoms with Gasteiger partial charge in [-0.15, -0.1) is 37.7 Å². The Morgan fingerprint density at radius 1 is 0.900 bits per heavy atom. The predicted molar refractivity (Wildman–Crippen MR) is 83.2 cm³/mol. The van der Waals surface area contributed by atoms with Crippen molar-refractivity contribution in [3.05, 3.63) is 48.6 Å². The van der Waals surface area contributed by atoms with Gasteiger partial charge in [-0.3, -0.25) is 12.2 Å². The van der Waals surface area contributed by atoms with Gasteiger partial charge in [-0.1, -0.05) is 0 Å². The molecule has 0 aliphatic heterocycles. The van der Waals surface area contributed by atoms with E-state index in [0.29, 0.717) is 12.8 Å². The van der Waals surface area contributed by atoms with Crippen molar-refractivity contribution in [2.45, 2.75) is 12.8 Å². The Bertz CT molecular complexity index is 275. The third-order valence-electron chi connectivity index (χ3n) is 1.54. The summed E-state index contributed by atoms with van der Waals surface area (Å²) in [6.45, 7) is 0. The smallest absolute Gasteiger partial charge is 0.273 e. The fraction of sp³-hybridized carbons (Fsp3) is 0.167. The fourth-order valence-electron chi connectivity index (χ4n) is 0.823. The second-order valence-corrected chi connectivity index (χ2v) is 5.28. The van der Waals surface area contributed by atoms with Crippen molar-refractivity contribution >= 4 is 55.5 Å². The van der Waals surface area contributed by atoms with Gasteiger partial charge in [0.1, 0.15) is 0 Å². The van der Waals surface area contributed by atoms with Crippen LogP contribution >= 0.6 is 24.8 Å². The maximum Gasteiger partial charge on any atom is 2.00 e. The van der Waals surface area contributed by atoms with E-state index in [-0.39, 0.29) is 51.0 Å². The van der Waals surface area contributed by atoms with E-state index in [1.807, 2.05) is 24.3 Å². The summed E-state index contributed by atoms with van der Waals surface area (Å²) in [7, 11) is 0. The summed E-state index contributed by atoms with van der Waals surface area (Å²) in [5.74, 6) is 0. The number of amides is 2. The Labute approximate surface area is 159 Å². The number of halogens is 2. The number of allylic oxidation sites excluding steroid dienone is 8. The van der Waals surface area contributed by atoms with Gasteiger partial charge in [-0.05, 0) is 0 Å². The van der Waals surface area contributed by atoms with Crippen molar-refractivity contribution in [2.24, 2.45) is 0 Å². The SMILES string of the molecule is Cl.Cl.O=C[NH][GaH][NH]C=O.[C-]1=CC=CC1.[C-]1=CC=CC1.[Zr+2]. The van der Waals surface area contributed by atoms with Crippen LogP contribution in [-0.4, -0.2) is 30.7 Å². The Morgan fingerprint density at radius 3 is 1.45 bits per heavy atom. The number of carbonyl (C=O) groups excluding carboxylic acids is 2. The molecule has 0 heterocycles. The van der Waals surface area contributed by atoms with Crippen LogP contribution in [0.2, 0.25) is 0 Å². The first kappa shape index (κ1) is 28.2. The van der Waals surface area contributed by atoms with Crippen LogP contribution in [0.15, 0.2) is 36.5 Å². The molecular weight excluding hydrogens is 436 g/mol. The standard InChI is InChI=1S/2C5H5.2CH3NO.2ClH.Ga.Zr.H/c2*1-2-4-5-3-1;2*2-1-3;;;;;/h2*1-3H,4H2;2*1H,(H2,2,3);2*1H;;;/q2*-1;;;;;2*+2;/p-2. The normalized spacial score (nSPS) is 11.0. The largest absolute Gasteiger partial charge is 2.00 e. The van der Waals surface area contributed by atoms with E-state index in [2.05, 4.69) is 32.4 Å². The summed E-state index contributed by atoms with van der Waals surface area (Å²) < 4.78 is 4.83. The minimum absolute atomic E-state index is 0. The Balaban J connectivity index is -0.0000000903. The first-order chi connectivity index (χ1) is 8.41. The Hall–Kier alpha value is -0.000519. The second-order valence-electron chi connectivity index (χ2n) is 2.83. The molecule has 2 N–H and O–H groups in total. The van der Waals surface area contributed by atoms with Crippen LogP contribution in [0.25, 0.3) is 0 Å². The van der Waals surface area contributed by atoms with E-state index in [0.717, 1.165) is 12.8 Å². The molecule has 0 saturated carbocycles. The van der Waals surface area contributed by atoms with Gasteiger partial charge in [0.25, 0.3) is 0 Å². The minimum Gasteiger partial charge on any atom is -0.273 e. The molecule has 0 atom stereocenters. The van der Waals surface area contributed by atoms with Crippen LogP contribution in [0.3, 0.4) is 0 Å². The molecule has 0 saturated heterocycles. The van der Waals surface area contributed by atoms with Crippen LogP contribution in [0.4, 0.5) is 0 Å². The predicted octanol–water partition coefficient (Wildman–Crippen LogP) is 1.20. The molecular formula is C12H17Cl2GaN2O2Zr. The monoisotopic (exact) mass is 450 g/mol. The fourth-order valence-corrected chi connectivity index (χ4v) is 1.42. The molecule has 2 amide bonds. The molecule has 0 bridgehead atoms. The zero-order valence-corrected chi connectivity index (χ0v) is 17.9. The number of hydrogen-bond donors (Lipinski definition) is 2. The summed E-state index contributed by atoms with van der Waals surface area (Å²) in [6.07, 6.45) is 21.2. The van der Waals surface area contributed by atoms with Crippen molar-refractivity contribution in [1.29, 1.82) is 0 Å². The molecule has 0 radical (unpaired) electrons. The third kappa shape index (κ3) is 26.5. The molecule has 0 aromatic carbocycles. The number of hydrogen-bond acceptors (Lipinski definition) is 2. The van der Waals surface area contributed by atoms with Gasteiger partial charge in [0, 0.05) is 0 Å².